The lowest BCUT2D eigenvalue weighted by Gasteiger charge is -2.29. The van der Waals surface area contributed by atoms with Crippen LogP contribution in [0.25, 0.3) is 0 Å². The molecule has 0 saturated heterocycles. The van der Waals surface area contributed by atoms with Crippen molar-refractivity contribution in [3.8, 4) is 0 Å². The highest BCUT2D eigenvalue weighted by Crippen LogP contribution is 2.34. The zero-order valence-electron chi connectivity index (χ0n) is 17.5. The highest BCUT2D eigenvalue weighted by molar-refractivity contribution is 7.99. The monoisotopic (exact) mass is 425 g/mol. The van der Waals surface area contributed by atoms with Crippen molar-refractivity contribution in [2.45, 2.75) is 38.5 Å². The van der Waals surface area contributed by atoms with Gasteiger partial charge in [-0.25, -0.2) is 0 Å². The Morgan fingerprint density at radius 2 is 1.67 bits per heavy atom. The first-order valence-corrected chi connectivity index (χ1v) is 11.0. The molecule has 30 heavy (non-hydrogen) atoms. The summed E-state index contributed by atoms with van der Waals surface area (Å²) < 4.78 is 0. The molecule has 2 N–H and O–H groups in total. The number of thioether (sulfide) groups is 1. The Hall–Kier alpha value is -2.80. The molecule has 2 aromatic rings. The molecular weight excluding hydrogens is 398 g/mol. The lowest BCUT2D eigenvalue weighted by Crippen LogP contribution is -2.35. The molecule has 0 spiro atoms. The van der Waals surface area contributed by atoms with E-state index in [0.29, 0.717) is 17.9 Å². The van der Waals surface area contributed by atoms with Crippen LogP contribution in [0.4, 0.5) is 17.1 Å². The second-order valence-corrected chi connectivity index (χ2v) is 9.33. The van der Waals surface area contributed by atoms with E-state index < -0.39 is 5.41 Å². The maximum absolute atomic E-state index is 12.7. The summed E-state index contributed by atoms with van der Waals surface area (Å²) in [6, 6.07) is 14.8. The number of hydrogen-bond acceptors (Lipinski definition) is 4. The van der Waals surface area contributed by atoms with Crippen LogP contribution in [0.3, 0.4) is 0 Å². The number of hydrogen-bond donors (Lipinski definition) is 2. The largest absolute Gasteiger partial charge is 0.326 e. The van der Waals surface area contributed by atoms with Gasteiger partial charge in [-0.2, -0.15) is 0 Å². The molecule has 1 heterocycles. The predicted octanol–water partition coefficient (Wildman–Crippen LogP) is 4.53. The number of para-hydroxylation sites is 1. The Morgan fingerprint density at radius 3 is 2.40 bits per heavy atom. The molecule has 1 aliphatic heterocycles. The lowest BCUT2D eigenvalue weighted by molar-refractivity contribution is -0.123. The van der Waals surface area contributed by atoms with Gasteiger partial charge in [0, 0.05) is 46.8 Å². The van der Waals surface area contributed by atoms with Gasteiger partial charge in [0.25, 0.3) is 0 Å². The van der Waals surface area contributed by atoms with Crippen molar-refractivity contribution in [1.29, 1.82) is 0 Å². The Morgan fingerprint density at radius 1 is 0.967 bits per heavy atom. The first-order valence-electron chi connectivity index (χ1n) is 9.97. The smallest absolute Gasteiger partial charge is 0.229 e. The number of amides is 3. The average molecular weight is 426 g/mol. The summed E-state index contributed by atoms with van der Waals surface area (Å²) in [6.45, 7) is 6.16. The fourth-order valence-electron chi connectivity index (χ4n) is 3.00. The fraction of sp³-hybridized carbons (Fsp3) is 0.348. The third-order valence-electron chi connectivity index (χ3n) is 4.68. The van der Waals surface area contributed by atoms with Crippen LogP contribution in [0.2, 0.25) is 0 Å². The Balaban J connectivity index is 1.55. The van der Waals surface area contributed by atoms with Gasteiger partial charge in [-0.15, -0.1) is 11.8 Å². The van der Waals surface area contributed by atoms with Crippen LogP contribution in [0, 0.1) is 5.41 Å². The molecule has 158 valence electrons. The van der Waals surface area contributed by atoms with Gasteiger partial charge in [0.1, 0.15) is 0 Å². The quantitative estimate of drug-likeness (QED) is 0.738. The summed E-state index contributed by atoms with van der Waals surface area (Å²) in [7, 11) is 0. The van der Waals surface area contributed by atoms with Gasteiger partial charge in [0.05, 0.1) is 5.69 Å². The summed E-state index contributed by atoms with van der Waals surface area (Å²) in [5, 5.41) is 5.65. The van der Waals surface area contributed by atoms with Crippen LogP contribution < -0.4 is 15.5 Å². The normalized spacial score (nSPS) is 13.4. The Kier molecular flexibility index (Phi) is 6.82. The number of nitrogens with zero attached hydrogens (tertiary/aromatic N) is 1. The van der Waals surface area contributed by atoms with Gasteiger partial charge in [-0.3, -0.25) is 14.4 Å². The summed E-state index contributed by atoms with van der Waals surface area (Å²) >= 11 is 1.74. The van der Waals surface area contributed by atoms with Gasteiger partial charge in [0.15, 0.2) is 0 Å². The Bertz CT molecular complexity index is 953. The molecule has 0 aromatic heterocycles. The van der Waals surface area contributed by atoms with Crippen molar-refractivity contribution >= 4 is 46.5 Å². The second kappa shape index (κ2) is 9.34. The van der Waals surface area contributed by atoms with Gasteiger partial charge in [-0.1, -0.05) is 39.0 Å². The number of rotatable bonds is 5. The molecule has 0 fully saturated rings. The highest BCUT2D eigenvalue weighted by Gasteiger charge is 2.23. The number of carbonyl (C=O) groups excluding carboxylic acids is 3. The topological polar surface area (TPSA) is 78.5 Å². The first kappa shape index (κ1) is 21.9. The van der Waals surface area contributed by atoms with Crippen LogP contribution in [-0.4, -0.2) is 30.0 Å². The molecule has 1 aliphatic rings. The van der Waals surface area contributed by atoms with Crippen molar-refractivity contribution in [2.24, 2.45) is 5.41 Å². The zero-order chi connectivity index (χ0) is 21.7. The maximum atomic E-state index is 12.7. The summed E-state index contributed by atoms with van der Waals surface area (Å²) in [5.41, 5.74) is 1.61. The number of carbonyl (C=O) groups is 3. The molecule has 0 radical (unpaired) electrons. The number of fused-ring (bicyclic) bond motifs is 1. The van der Waals surface area contributed by atoms with E-state index in [9.17, 15) is 14.4 Å². The Labute approximate surface area is 181 Å². The van der Waals surface area contributed by atoms with Crippen LogP contribution >= 0.6 is 11.8 Å². The van der Waals surface area contributed by atoms with E-state index in [1.165, 1.54) is 0 Å². The van der Waals surface area contributed by atoms with E-state index in [0.717, 1.165) is 16.3 Å². The molecule has 0 atom stereocenters. The predicted molar refractivity (Wildman–Crippen MR) is 122 cm³/mol. The third-order valence-corrected chi connectivity index (χ3v) is 5.72. The summed E-state index contributed by atoms with van der Waals surface area (Å²) in [5.74, 6) is 0.463. The molecule has 0 aliphatic carbocycles. The average Bonchev–Trinajstić information content (AvgIpc) is 2.71. The van der Waals surface area contributed by atoms with Crippen molar-refractivity contribution in [3.63, 3.8) is 0 Å². The third kappa shape index (κ3) is 5.63. The second-order valence-electron chi connectivity index (χ2n) is 8.19. The van der Waals surface area contributed by atoms with Gasteiger partial charge in [-0.05, 0) is 30.3 Å². The minimum absolute atomic E-state index is 0.0518. The number of anilines is 3. The SMILES string of the molecule is CC(C)(C)C(=O)Nc1cccc(NC(=O)CCC(=O)N2CCSc3ccccc32)c1. The van der Waals surface area contributed by atoms with E-state index in [1.54, 1.807) is 40.9 Å². The van der Waals surface area contributed by atoms with E-state index in [4.69, 9.17) is 0 Å². The molecular formula is C23H27N3O3S. The first-order chi connectivity index (χ1) is 14.2. The van der Waals surface area contributed by atoms with Crippen molar-refractivity contribution < 1.29 is 14.4 Å². The minimum atomic E-state index is -0.509. The van der Waals surface area contributed by atoms with Crippen LogP contribution in [0.15, 0.2) is 53.4 Å². The fourth-order valence-corrected chi connectivity index (χ4v) is 4.00. The molecule has 3 amide bonds. The van der Waals surface area contributed by atoms with E-state index >= 15 is 0 Å². The highest BCUT2D eigenvalue weighted by atomic mass is 32.2. The zero-order valence-corrected chi connectivity index (χ0v) is 18.3. The molecule has 0 unspecified atom stereocenters. The lowest BCUT2D eigenvalue weighted by atomic mass is 9.95. The van der Waals surface area contributed by atoms with Gasteiger partial charge < -0.3 is 15.5 Å². The summed E-state index contributed by atoms with van der Waals surface area (Å²) in [4.78, 5) is 40.0. The van der Waals surface area contributed by atoms with E-state index in [-0.39, 0.29) is 30.6 Å². The van der Waals surface area contributed by atoms with E-state index in [1.807, 2.05) is 45.0 Å². The molecule has 3 rings (SSSR count). The molecule has 7 heteroatoms. The molecule has 6 nitrogen and oxygen atoms in total. The van der Waals surface area contributed by atoms with Gasteiger partial charge >= 0.3 is 0 Å². The standard InChI is InChI=1S/C23H27N3O3S/c1-23(2,3)22(29)25-17-8-6-7-16(15-17)24-20(27)11-12-21(28)26-13-14-30-19-10-5-4-9-18(19)26/h4-10,15H,11-14H2,1-3H3,(H,24,27)(H,25,29). The number of benzene rings is 2. The van der Waals surface area contributed by atoms with Crippen molar-refractivity contribution in [1.82, 2.24) is 0 Å². The van der Waals surface area contributed by atoms with Crippen LogP contribution in [0.5, 0.6) is 0 Å². The maximum Gasteiger partial charge on any atom is 0.229 e. The summed E-state index contributed by atoms with van der Waals surface area (Å²) in [6.07, 6.45) is 0.245. The van der Waals surface area contributed by atoms with Crippen molar-refractivity contribution in [3.05, 3.63) is 48.5 Å². The van der Waals surface area contributed by atoms with Crippen LogP contribution in [0.1, 0.15) is 33.6 Å². The molecule has 2 aromatic carbocycles. The van der Waals surface area contributed by atoms with Crippen LogP contribution in [-0.2, 0) is 14.4 Å². The minimum Gasteiger partial charge on any atom is -0.326 e. The van der Waals surface area contributed by atoms with Crippen molar-refractivity contribution in [2.75, 3.05) is 27.8 Å². The number of nitrogens with one attached hydrogen (secondary N) is 2. The van der Waals surface area contributed by atoms with Gasteiger partial charge in [0.2, 0.25) is 17.7 Å². The molecule has 0 saturated carbocycles. The molecule has 0 bridgehead atoms. The van der Waals surface area contributed by atoms with E-state index in [2.05, 4.69) is 10.6 Å².